The molecule has 0 radical (unpaired) electrons. The Morgan fingerprint density at radius 1 is 1.54 bits per heavy atom. The number of rotatable bonds is 3. The van der Waals surface area contributed by atoms with Gasteiger partial charge in [0.1, 0.15) is 0 Å². The molecule has 13 heavy (non-hydrogen) atoms. The van der Waals surface area contributed by atoms with Crippen molar-refractivity contribution in [3.05, 3.63) is 0 Å². The number of hydrogen-bond acceptors (Lipinski definition) is 3. The molecule has 1 aliphatic carbocycles. The van der Waals surface area contributed by atoms with Crippen LogP contribution in [0.5, 0.6) is 0 Å². The second kappa shape index (κ2) is 3.79. The minimum absolute atomic E-state index is 0.0565. The molecule has 2 aliphatic rings. The molecule has 3 heteroatoms. The summed E-state index contributed by atoms with van der Waals surface area (Å²) in [7, 11) is 0. The molecule has 0 aromatic rings. The van der Waals surface area contributed by atoms with Gasteiger partial charge < -0.3 is 5.11 Å². The van der Waals surface area contributed by atoms with Gasteiger partial charge in [-0.2, -0.15) is 11.8 Å². The SMILES string of the molecule is CSC1(CN2CC[C@H](O)C2)CCC1. The van der Waals surface area contributed by atoms with Gasteiger partial charge in [0, 0.05) is 24.4 Å². The standard InChI is InChI=1S/C10H19NOS/c1-13-10(4-2-5-10)8-11-6-3-9(12)7-11/h9,12H,2-8H2,1H3/t9-/m0/s1. The molecule has 1 heterocycles. The van der Waals surface area contributed by atoms with E-state index < -0.39 is 0 Å². The summed E-state index contributed by atoms with van der Waals surface area (Å²) in [6, 6.07) is 0. The molecule has 0 bridgehead atoms. The van der Waals surface area contributed by atoms with Crippen LogP contribution in [0.15, 0.2) is 0 Å². The lowest BCUT2D eigenvalue weighted by atomic mass is 9.84. The third-order valence-electron chi connectivity index (χ3n) is 3.46. The van der Waals surface area contributed by atoms with E-state index in [0.29, 0.717) is 4.75 Å². The number of β-amino-alcohol motifs (C(OH)–C–C–N with tert-alkyl or cyclic N) is 1. The van der Waals surface area contributed by atoms with Gasteiger partial charge in [-0.15, -0.1) is 0 Å². The monoisotopic (exact) mass is 201 g/mol. The molecule has 0 amide bonds. The molecule has 0 spiro atoms. The van der Waals surface area contributed by atoms with Crippen LogP contribution in [0.2, 0.25) is 0 Å². The molecule has 1 saturated heterocycles. The number of thioether (sulfide) groups is 1. The van der Waals surface area contributed by atoms with Crippen LogP contribution in [0, 0.1) is 0 Å². The van der Waals surface area contributed by atoms with Crippen LogP contribution < -0.4 is 0 Å². The largest absolute Gasteiger partial charge is 0.392 e. The van der Waals surface area contributed by atoms with Crippen molar-refractivity contribution in [2.24, 2.45) is 0 Å². The van der Waals surface area contributed by atoms with E-state index in [1.807, 2.05) is 11.8 Å². The van der Waals surface area contributed by atoms with Gasteiger partial charge in [0.2, 0.25) is 0 Å². The summed E-state index contributed by atoms with van der Waals surface area (Å²) in [5, 5.41) is 9.41. The molecule has 1 N–H and O–H groups in total. The van der Waals surface area contributed by atoms with Gasteiger partial charge >= 0.3 is 0 Å². The van der Waals surface area contributed by atoms with Crippen LogP contribution in [0.1, 0.15) is 25.7 Å². The maximum atomic E-state index is 9.41. The van der Waals surface area contributed by atoms with Crippen molar-refractivity contribution in [2.45, 2.75) is 36.5 Å². The maximum Gasteiger partial charge on any atom is 0.0679 e. The third kappa shape index (κ3) is 2.03. The fourth-order valence-corrected chi connectivity index (χ4v) is 3.37. The number of nitrogens with zero attached hydrogens (tertiary/aromatic N) is 1. The highest BCUT2D eigenvalue weighted by molar-refractivity contribution is 8.00. The van der Waals surface area contributed by atoms with E-state index in [2.05, 4.69) is 11.2 Å². The van der Waals surface area contributed by atoms with Crippen LogP contribution in [-0.2, 0) is 0 Å². The summed E-state index contributed by atoms with van der Waals surface area (Å²) in [6.07, 6.45) is 7.30. The summed E-state index contributed by atoms with van der Waals surface area (Å²) < 4.78 is 0.546. The number of hydrogen-bond donors (Lipinski definition) is 1. The second-order valence-electron chi connectivity index (χ2n) is 4.42. The van der Waals surface area contributed by atoms with Gasteiger partial charge in [-0.1, -0.05) is 6.42 Å². The quantitative estimate of drug-likeness (QED) is 0.745. The Hall–Kier alpha value is 0.270. The van der Waals surface area contributed by atoms with E-state index in [9.17, 15) is 5.11 Å². The molecule has 0 aromatic carbocycles. The minimum atomic E-state index is -0.0565. The summed E-state index contributed by atoms with van der Waals surface area (Å²) in [4.78, 5) is 2.43. The topological polar surface area (TPSA) is 23.5 Å². The predicted molar refractivity (Wildman–Crippen MR) is 57.2 cm³/mol. The van der Waals surface area contributed by atoms with Crippen molar-refractivity contribution in [2.75, 3.05) is 25.9 Å². The van der Waals surface area contributed by atoms with Crippen molar-refractivity contribution in [1.82, 2.24) is 4.90 Å². The summed E-state index contributed by atoms with van der Waals surface area (Å²) in [6.45, 7) is 3.21. The molecule has 2 rings (SSSR count). The van der Waals surface area contributed by atoms with Gasteiger partial charge in [-0.05, 0) is 25.5 Å². The normalized spacial score (nSPS) is 33.2. The van der Waals surface area contributed by atoms with Gasteiger partial charge in [-0.3, -0.25) is 4.90 Å². The third-order valence-corrected chi connectivity index (χ3v) is 4.86. The Bertz CT molecular complexity index is 176. The van der Waals surface area contributed by atoms with Crippen LogP contribution in [0.3, 0.4) is 0 Å². The highest BCUT2D eigenvalue weighted by atomic mass is 32.2. The number of aliphatic hydroxyl groups is 1. The highest BCUT2D eigenvalue weighted by Gasteiger charge is 2.38. The number of likely N-dealkylation sites (tertiary alicyclic amines) is 1. The van der Waals surface area contributed by atoms with E-state index in [-0.39, 0.29) is 6.10 Å². The maximum absolute atomic E-state index is 9.41. The van der Waals surface area contributed by atoms with E-state index in [1.54, 1.807) is 0 Å². The van der Waals surface area contributed by atoms with Crippen LogP contribution in [0.4, 0.5) is 0 Å². The molecule has 1 aliphatic heterocycles. The lowest BCUT2D eigenvalue weighted by molar-refractivity contribution is 0.164. The second-order valence-corrected chi connectivity index (χ2v) is 5.69. The van der Waals surface area contributed by atoms with Crippen molar-refractivity contribution in [3.8, 4) is 0 Å². The van der Waals surface area contributed by atoms with Crippen molar-refractivity contribution >= 4 is 11.8 Å². The molecular formula is C10H19NOS. The van der Waals surface area contributed by atoms with Gasteiger partial charge in [-0.25, -0.2) is 0 Å². The Morgan fingerprint density at radius 2 is 2.31 bits per heavy atom. The molecule has 0 aromatic heterocycles. The lowest BCUT2D eigenvalue weighted by Crippen LogP contribution is -2.44. The Kier molecular flexibility index (Phi) is 2.86. The van der Waals surface area contributed by atoms with Crippen molar-refractivity contribution in [3.63, 3.8) is 0 Å². The average Bonchev–Trinajstić information content (AvgIpc) is 2.44. The minimum Gasteiger partial charge on any atom is -0.392 e. The van der Waals surface area contributed by atoms with Crippen LogP contribution >= 0.6 is 11.8 Å². The van der Waals surface area contributed by atoms with E-state index in [4.69, 9.17) is 0 Å². The fraction of sp³-hybridized carbons (Fsp3) is 1.00. The Balaban J connectivity index is 1.83. The predicted octanol–water partition coefficient (Wildman–Crippen LogP) is 1.34. The first-order chi connectivity index (χ1) is 6.24. The van der Waals surface area contributed by atoms with Gasteiger partial charge in [0.05, 0.1) is 6.10 Å². The van der Waals surface area contributed by atoms with E-state index in [0.717, 1.165) is 19.5 Å². The Labute approximate surface area is 84.7 Å². The zero-order valence-corrected chi connectivity index (χ0v) is 9.15. The van der Waals surface area contributed by atoms with Crippen molar-refractivity contribution < 1.29 is 5.11 Å². The first-order valence-corrected chi connectivity index (χ1v) is 6.42. The summed E-state index contributed by atoms with van der Waals surface area (Å²) in [5.41, 5.74) is 0. The fourth-order valence-electron chi connectivity index (χ4n) is 2.36. The smallest absolute Gasteiger partial charge is 0.0679 e. The zero-order valence-electron chi connectivity index (χ0n) is 8.33. The van der Waals surface area contributed by atoms with Gasteiger partial charge in [0.15, 0.2) is 0 Å². The molecule has 76 valence electrons. The van der Waals surface area contributed by atoms with Crippen molar-refractivity contribution in [1.29, 1.82) is 0 Å². The first kappa shape index (κ1) is 9.81. The van der Waals surface area contributed by atoms with E-state index in [1.165, 1.54) is 25.8 Å². The molecule has 2 fully saturated rings. The molecule has 1 saturated carbocycles. The molecule has 0 unspecified atom stereocenters. The summed E-state index contributed by atoms with van der Waals surface area (Å²) in [5.74, 6) is 0. The lowest BCUT2D eigenvalue weighted by Gasteiger charge is -2.43. The van der Waals surface area contributed by atoms with Gasteiger partial charge in [0.25, 0.3) is 0 Å². The molecular weight excluding hydrogens is 182 g/mol. The average molecular weight is 201 g/mol. The molecule has 2 nitrogen and oxygen atoms in total. The zero-order chi connectivity index (χ0) is 9.31. The van der Waals surface area contributed by atoms with Crippen LogP contribution in [-0.4, -0.2) is 46.7 Å². The highest BCUT2D eigenvalue weighted by Crippen LogP contribution is 2.43. The molecule has 1 atom stereocenters. The van der Waals surface area contributed by atoms with E-state index >= 15 is 0 Å². The number of aliphatic hydroxyl groups excluding tert-OH is 1. The van der Waals surface area contributed by atoms with Crippen LogP contribution in [0.25, 0.3) is 0 Å². The Morgan fingerprint density at radius 3 is 2.69 bits per heavy atom. The first-order valence-electron chi connectivity index (χ1n) is 5.20. The summed E-state index contributed by atoms with van der Waals surface area (Å²) >= 11 is 2.02.